The van der Waals surface area contributed by atoms with Crippen LogP contribution < -0.4 is 5.32 Å². The molecule has 1 saturated carbocycles. The summed E-state index contributed by atoms with van der Waals surface area (Å²) in [5.74, 6) is 0.643. The van der Waals surface area contributed by atoms with Crippen LogP contribution in [-0.4, -0.2) is 68.2 Å². The molecule has 0 bridgehead atoms. The molecular weight excluding hydrogens is 335 g/mol. The highest BCUT2D eigenvalue weighted by Gasteiger charge is 2.44. The van der Waals surface area contributed by atoms with Gasteiger partial charge in [0, 0.05) is 45.2 Å². The number of piperazine rings is 1. The number of hydrogen-bond donors (Lipinski definition) is 1. The van der Waals surface area contributed by atoms with E-state index >= 15 is 0 Å². The van der Waals surface area contributed by atoms with Gasteiger partial charge in [0.2, 0.25) is 0 Å². The van der Waals surface area contributed by atoms with E-state index < -0.39 is 0 Å². The molecule has 0 atom stereocenters. The van der Waals surface area contributed by atoms with E-state index in [0.29, 0.717) is 32.8 Å². The molecule has 1 aliphatic carbocycles. The molecular formula is C19H27FN4O2. The summed E-state index contributed by atoms with van der Waals surface area (Å²) in [6.45, 7) is 5.61. The first-order chi connectivity index (χ1) is 12.6. The number of nitrogens with one attached hydrogen (secondary N) is 1. The van der Waals surface area contributed by atoms with E-state index in [0.717, 1.165) is 30.9 Å². The van der Waals surface area contributed by atoms with Crippen LogP contribution in [0.25, 0.3) is 0 Å². The first kappa shape index (κ1) is 18.5. The molecule has 1 amide bonds. The topological polar surface area (TPSA) is 57.2 Å². The van der Waals surface area contributed by atoms with E-state index in [2.05, 4.69) is 15.2 Å². The van der Waals surface area contributed by atoms with Crippen LogP contribution in [0.1, 0.15) is 25.3 Å². The summed E-state index contributed by atoms with van der Waals surface area (Å²) in [5.41, 5.74) is 1.05. The van der Waals surface area contributed by atoms with Gasteiger partial charge < -0.3 is 19.9 Å². The molecule has 1 saturated heterocycles. The highest BCUT2D eigenvalue weighted by molar-refractivity contribution is 5.80. The molecule has 0 aromatic heterocycles. The van der Waals surface area contributed by atoms with Crippen molar-refractivity contribution >= 4 is 12.1 Å². The van der Waals surface area contributed by atoms with Crippen molar-refractivity contribution in [2.75, 3.05) is 46.4 Å². The highest BCUT2D eigenvalue weighted by Crippen LogP contribution is 2.47. The maximum absolute atomic E-state index is 13.5. The minimum Gasteiger partial charge on any atom is -0.450 e. The first-order valence-corrected chi connectivity index (χ1v) is 9.21. The Balaban J connectivity index is 1.54. The molecule has 7 heteroatoms. The van der Waals surface area contributed by atoms with E-state index in [4.69, 9.17) is 4.74 Å². The zero-order valence-corrected chi connectivity index (χ0v) is 15.5. The van der Waals surface area contributed by atoms with Crippen LogP contribution in [0.4, 0.5) is 9.18 Å². The minimum atomic E-state index is -0.252. The Morgan fingerprint density at radius 2 is 1.96 bits per heavy atom. The number of carbonyl (C=O) groups is 1. The molecule has 142 valence electrons. The predicted octanol–water partition coefficient (Wildman–Crippen LogP) is 2.21. The average molecular weight is 362 g/mol. The third-order valence-electron chi connectivity index (χ3n) is 5.19. The zero-order chi connectivity index (χ0) is 18.6. The summed E-state index contributed by atoms with van der Waals surface area (Å²) in [4.78, 5) is 20.1. The molecule has 1 heterocycles. The van der Waals surface area contributed by atoms with Crippen molar-refractivity contribution < 1.29 is 13.9 Å². The normalized spacial score (nSPS) is 19.3. The van der Waals surface area contributed by atoms with Gasteiger partial charge in [0.25, 0.3) is 0 Å². The van der Waals surface area contributed by atoms with Crippen molar-refractivity contribution in [3.05, 3.63) is 35.6 Å². The Hall–Kier alpha value is -2.31. The van der Waals surface area contributed by atoms with Crippen molar-refractivity contribution in [1.82, 2.24) is 15.1 Å². The molecule has 1 aromatic carbocycles. The first-order valence-electron chi connectivity index (χ1n) is 9.21. The summed E-state index contributed by atoms with van der Waals surface area (Å²) in [5, 5.41) is 3.45. The lowest BCUT2D eigenvalue weighted by Gasteiger charge is -2.36. The van der Waals surface area contributed by atoms with Crippen molar-refractivity contribution in [2.45, 2.75) is 25.2 Å². The summed E-state index contributed by atoms with van der Waals surface area (Å²) in [6, 6.07) is 6.89. The van der Waals surface area contributed by atoms with E-state index in [1.807, 2.05) is 13.0 Å². The van der Waals surface area contributed by atoms with E-state index in [1.165, 1.54) is 6.07 Å². The summed E-state index contributed by atoms with van der Waals surface area (Å²) < 4.78 is 18.6. The maximum atomic E-state index is 13.5. The lowest BCUT2D eigenvalue weighted by Crippen LogP contribution is -2.54. The fraction of sp³-hybridized carbons (Fsp3) is 0.579. The van der Waals surface area contributed by atoms with Gasteiger partial charge in [-0.25, -0.2) is 9.18 Å². The van der Waals surface area contributed by atoms with Gasteiger partial charge in [-0.2, -0.15) is 0 Å². The summed E-state index contributed by atoms with van der Waals surface area (Å²) >= 11 is 0. The number of carbonyl (C=O) groups excluding carboxylic acids is 1. The average Bonchev–Trinajstić information content (AvgIpc) is 3.44. The molecule has 0 unspecified atom stereocenters. The van der Waals surface area contributed by atoms with Gasteiger partial charge in [-0.3, -0.25) is 4.99 Å². The summed E-state index contributed by atoms with van der Waals surface area (Å²) in [7, 11) is 1.77. The molecule has 1 aromatic rings. The van der Waals surface area contributed by atoms with Crippen LogP contribution in [0.5, 0.6) is 0 Å². The minimum absolute atomic E-state index is 0.00476. The second kappa shape index (κ2) is 7.93. The van der Waals surface area contributed by atoms with Gasteiger partial charge >= 0.3 is 6.09 Å². The monoisotopic (exact) mass is 362 g/mol. The van der Waals surface area contributed by atoms with Crippen molar-refractivity contribution in [1.29, 1.82) is 0 Å². The highest BCUT2D eigenvalue weighted by atomic mass is 19.1. The number of rotatable bonds is 4. The zero-order valence-electron chi connectivity index (χ0n) is 15.5. The number of hydrogen-bond acceptors (Lipinski definition) is 3. The Kier molecular flexibility index (Phi) is 5.64. The third-order valence-corrected chi connectivity index (χ3v) is 5.19. The second-order valence-electron chi connectivity index (χ2n) is 6.86. The molecule has 3 rings (SSSR count). The maximum Gasteiger partial charge on any atom is 0.409 e. The second-order valence-corrected chi connectivity index (χ2v) is 6.86. The van der Waals surface area contributed by atoms with Crippen molar-refractivity contribution in [3.8, 4) is 0 Å². The quantitative estimate of drug-likeness (QED) is 0.659. The fourth-order valence-electron chi connectivity index (χ4n) is 3.43. The van der Waals surface area contributed by atoms with Gasteiger partial charge in [0.1, 0.15) is 5.82 Å². The van der Waals surface area contributed by atoms with Crippen molar-refractivity contribution in [3.63, 3.8) is 0 Å². The van der Waals surface area contributed by atoms with E-state index in [1.54, 1.807) is 24.1 Å². The standard InChI is InChI=1S/C19H27FN4O2/c1-3-26-18(25)24-11-9-23(10-12-24)17(21-2)22-14-19(7-8-19)15-5-4-6-16(20)13-15/h4-6,13H,3,7-12,14H2,1-2H3,(H,21,22). The number of halogens is 1. The SMILES string of the molecule is CCOC(=O)N1CCN(C(=NC)NCC2(c3cccc(F)c3)CC2)CC1. The van der Waals surface area contributed by atoms with Gasteiger partial charge in [-0.15, -0.1) is 0 Å². The Bertz CT molecular complexity index is 667. The molecule has 1 N–H and O–H groups in total. The van der Waals surface area contributed by atoms with Crippen LogP contribution in [-0.2, 0) is 10.2 Å². The van der Waals surface area contributed by atoms with E-state index in [9.17, 15) is 9.18 Å². The molecule has 0 spiro atoms. The third kappa shape index (κ3) is 4.08. The molecule has 26 heavy (non-hydrogen) atoms. The smallest absolute Gasteiger partial charge is 0.409 e. The largest absolute Gasteiger partial charge is 0.450 e. The molecule has 1 aliphatic heterocycles. The van der Waals surface area contributed by atoms with Crippen LogP contribution >= 0.6 is 0 Å². The molecule has 0 radical (unpaired) electrons. The molecule has 2 aliphatic rings. The Morgan fingerprint density at radius 3 is 2.54 bits per heavy atom. The predicted molar refractivity (Wildman–Crippen MR) is 98.8 cm³/mol. The van der Waals surface area contributed by atoms with Crippen LogP contribution in [0.2, 0.25) is 0 Å². The Morgan fingerprint density at radius 1 is 1.27 bits per heavy atom. The molecule has 2 fully saturated rings. The number of benzene rings is 1. The lowest BCUT2D eigenvalue weighted by atomic mass is 9.96. The molecule has 6 nitrogen and oxygen atoms in total. The summed E-state index contributed by atoms with van der Waals surface area (Å²) in [6.07, 6.45) is 1.85. The van der Waals surface area contributed by atoms with Gasteiger partial charge in [-0.1, -0.05) is 12.1 Å². The van der Waals surface area contributed by atoms with Gasteiger partial charge in [-0.05, 0) is 37.5 Å². The number of aliphatic imine (C=N–C) groups is 1. The van der Waals surface area contributed by atoms with Crippen LogP contribution in [0.15, 0.2) is 29.3 Å². The fourth-order valence-corrected chi connectivity index (χ4v) is 3.43. The van der Waals surface area contributed by atoms with Gasteiger partial charge in [0.15, 0.2) is 5.96 Å². The Labute approximate surface area is 154 Å². The van der Waals surface area contributed by atoms with E-state index in [-0.39, 0.29) is 17.3 Å². The number of guanidine groups is 1. The van der Waals surface area contributed by atoms with Gasteiger partial charge in [0.05, 0.1) is 6.61 Å². The number of ether oxygens (including phenoxy) is 1. The number of nitrogens with zero attached hydrogens (tertiary/aromatic N) is 3. The van der Waals surface area contributed by atoms with Crippen molar-refractivity contribution in [2.24, 2.45) is 4.99 Å². The number of amides is 1. The lowest BCUT2D eigenvalue weighted by molar-refractivity contribution is 0.0914. The van der Waals surface area contributed by atoms with Crippen LogP contribution in [0, 0.1) is 5.82 Å². The van der Waals surface area contributed by atoms with Crippen LogP contribution in [0.3, 0.4) is 0 Å².